The summed E-state index contributed by atoms with van der Waals surface area (Å²) in [5, 5.41) is 10.7. The predicted octanol–water partition coefficient (Wildman–Crippen LogP) is 1.04. The molecule has 1 rings (SSSR count). The van der Waals surface area contributed by atoms with Crippen molar-refractivity contribution in [3.63, 3.8) is 0 Å². The number of aliphatic carboxylic acids is 1. The summed E-state index contributed by atoms with van der Waals surface area (Å²) < 4.78 is 18.3. The van der Waals surface area contributed by atoms with Gasteiger partial charge in [0.25, 0.3) is 5.91 Å². The Balaban J connectivity index is 2.72. The number of ether oxygens (including phenoxy) is 1. The average molecular weight is 241 g/mol. The Labute approximate surface area is 97.2 Å². The standard InChI is InChI=1S/C11H12FNO4/c1-17-8-4-2-3-7(10(8)12)11(16)13-6-5-9(14)15/h2-4H,5-6H2,1H3,(H,13,16)(H,14,15). The van der Waals surface area contributed by atoms with Crippen molar-refractivity contribution in [3.8, 4) is 5.75 Å². The number of rotatable bonds is 5. The van der Waals surface area contributed by atoms with E-state index < -0.39 is 17.7 Å². The van der Waals surface area contributed by atoms with Gasteiger partial charge in [0.1, 0.15) is 0 Å². The van der Waals surface area contributed by atoms with E-state index in [2.05, 4.69) is 5.32 Å². The minimum atomic E-state index is -1.03. The second-order valence-electron chi connectivity index (χ2n) is 3.22. The Hall–Kier alpha value is -2.11. The topological polar surface area (TPSA) is 75.6 Å². The summed E-state index contributed by atoms with van der Waals surface area (Å²) in [6.07, 6.45) is -0.211. The van der Waals surface area contributed by atoms with Crippen molar-refractivity contribution in [1.29, 1.82) is 0 Å². The van der Waals surface area contributed by atoms with Crippen LogP contribution in [-0.4, -0.2) is 30.6 Å². The first kappa shape index (κ1) is 13.0. The first-order chi connectivity index (χ1) is 8.06. The maximum atomic E-state index is 13.6. The molecule has 0 saturated carbocycles. The summed E-state index contributed by atoms with van der Waals surface area (Å²) in [5.41, 5.74) is -0.172. The average Bonchev–Trinajstić information content (AvgIpc) is 2.28. The molecule has 6 heteroatoms. The largest absolute Gasteiger partial charge is 0.494 e. The molecule has 17 heavy (non-hydrogen) atoms. The zero-order chi connectivity index (χ0) is 12.8. The number of carbonyl (C=O) groups excluding carboxylic acids is 1. The van der Waals surface area contributed by atoms with Crippen LogP contribution in [0.2, 0.25) is 0 Å². The molecule has 0 atom stereocenters. The predicted molar refractivity (Wildman–Crippen MR) is 57.5 cm³/mol. The number of carbonyl (C=O) groups is 2. The van der Waals surface area contributed by atoms with Crippen molar-refractivity contribution in [2.24, 2.45) is 0 Å². The molecule has 0 heterocycles. The zero-order valence-corrected chi connectivity index (χ0v) is 9.20. The van der Waals surface area contributed by atoms with Gasteiger partial charge in [-0.05, 0) is 12.1 Å². The Morgan fingerprint density at radius 1 is 1.47 bits per heavy atom. The molecule has 0 aliphatic heterocycles. The van der Waals surface area contributed by atoms with E-state index in [-0.39, 0.29) is 24.3 Å². The van der Waals surface area contributed by atoms with Crippen LogP contribution < -0.4 is 10.1 Å². The van der Waals surface area contributed by atoms with Gasteiger partial charge in [0.2, 0.25) is 0 Å². The van der Waals surface area contributed by atoms with Crippen molar-refractivity contribution in [2.45, 2.75) is 6.42 Å². The number of amides is 1. The highest BCUT2D eigenvalue weighted by Gasteiger charge is 2.15. The van der Waals surface area contributed by atoms with E-state index in [0.29, 0.717) is 0 Å². The Morgan fingerprint density at radius 3 is 2.76 bits per heavy atom. The molecular formula is C11H12FNO4. The van der Waals surface area contributed by atoms with E-state index in [1.165, 1.54) is 25.3 Å². The van der Waals surface area contributed by atoms with E-state index >= 15 is 0 Å². The van der Waals surface area contributed by atoms with Gasteiger partial charge in [0, 0.05) is 6.54 Å². The number of carboxylic acids is 1. The second-order valence-corrected chi connectivity index (χ2v) is 3.22. The van der Waals surface area contributed by atoms with Crippen molar-refractivity contribution >= 4 is 11.9 Å². The highest BCUT2D eigenvalue weighted by Crippen LogP contribution is 2.19. The Kier molecular flexibility index (Phi) is 4.45. The first-order valence-corrected chi connectivity index (χ1v) is 4.88. The molecule has 1 amide bonds. The fraction of sp³-hybridized carbons (Fsp3) is 0.273. The molecule has 0 aromatic heterocycles. The van der Waals surface area contributed by atoms with Gasteiger partial charge >= 0.3 is 5.97 Å². The smallest absolute Gasteiger partial charge is 0.305 e. The number of methoxy groups -OCH3 is 1. The maximum Gasteiger partial charge on any atom is 0.305 e. The molecule has 1 aromatic rings. The lowest BCUT2D eigenvalue weighted by molar-refractivity contribution is -0.136. The lowest BCUT2D eigenvalue weighted by Crippen LogP contribution is -2.26. The molecule has 0 bridgehead atoms. The van der Waals surface area contributed by atoms with Crippen LogP contribution in [0.4, 0.5) is 4.39 Å². The number of carboxylic acid groups (broad SMARTS) is 1. The quantitative estimate of drug-likeness (QED) is 0.807. The van der Waals surface area contributed by atoms with Crippen LogP contribution in [0.1, 0.15) is 16.8 Å². The number of hydrogen-bond acceptors (Lipinski definition) is 3. The van der Waals surface area contributed by atoms with Gasteiger partial charge in [0.05, 0.1) is 19.1 Å². The van der Waals surface area contributed by atoms with E-state index in [9.17, 15) is 14.0 Å². The Bertz CT molecular complexity index is 433. The minimum Gasteiger partial charge on any atom is -0.494 e. The summed E-state index contributed by atoms with van der Waals surface area (Å²) in [7, 11) is 1.30. The molecule has 0 unspecified atom stereocenters. The lowest BCUT2D eigenvalue weighted by atomic mass is 10.2. The maximum absolute atomic E-state index is 13.6. The van der Waals surface area contributed by atoms with Gasteiger partial charge in [-0.1, -0.05) is 6.07 Å². The third-order valence-electron chi connectivity index (χ3n) is 2.05. The molecule has 0 radical (unpaired) electrons. The van der Waals surface area contributed by atoms with Gasteiger partial charge in [-0.15, -0.1) is 0 Å². The first-order valence-electron chi connectivity index (χ1n) is 4.88. The highest BCUT2D eigenvalue weighted by molar-refractivity contribution is 5.95. The summed E-state index contributed by atoms with van der Waals surface area (Å²) in [6.45, 7) is -0.0508. The third kappa shape index (κ3) is 3.44. The Morgan fingerprint density at radius 2 is 2.18 bits per heavy atom. The van der Waals surface area contributed by atoms with Gasteiger partial charge in [-0.2, -0.15) is 0 Å². The van der Waals surface area contributed by atoms with Crippen LogP contribution in [0, 0.1) is 5.82 Å². The van der Waals surface area contributed by atoms with E-state index in [4.69, 9.17) is 9.84 Å². The molecule has 1 aromatic carbocycles. The van der Waals surface area contributed by atoms with Gasteiger partial charge in [0.15, 0.2) is 11.6 Å². The number of halogens is 1. The fourth-order valence-electron chi connectivity index (χ4n) is 1.22. The van der Waals surface area contributed by atoms with Crippen LogP contribution in [0.5, 0.6) is 5.75 Å². The number of nitrogens with one attached hydrogen (secondary N) is 1. The van der Waals surface area contributed by atoms with Gasteiger partial charge in [-0.25, -0.2) is 4.39 Å². The fourth-order valence-corrected chi connectivity index (χ4v) is 1.22. The van der Waals surface area contributed by atoms with Crippen molar-refractivity contribution in [2.75, 3.05) is 13.7 Å². The molecule has 92 valence electrons. The van der Waals surface area contributed by atoms with Gasteiger partial charge < -0.3 is 15.2 Å². The molecule has 0 fully saturated rings. The molecule has 2 N–H and O–H groups in total. The number of benzene rings is 1. The van der Waals surface area contributed by atoms with Crippen LogP contribution in [0.3, 0.4) is 0 Å². The summed E-state index contributed by atoms with van der Waals surface area (Å²) >= 11 is 0. The second kappa shape index (κ2) is 5.83. The monoisotopic (exact) mass is 241 g/mol. The van der Waals surface area contributed by atoms with Crippen molar-refractivity contribution < 1.29 is 23.8 Å². The van der Waals surface area contributed by atoms with Crippen LogP contribution >= 0.6 is 0 Å². The third-order valence-corrected chi connectivity index (χ3v) is 2.05. The van der Waals surface area contributed by atoms with Crippen molar-refractivity contribution in [3.05, 3.63) is 29.6 Å². The molecule has 0 aliphatic carbocycles. The van der Waals surface area contributed by atoms with Crippen molar-refractivity contribution in [1.82, 2.24) is 5.32 Å². The van der Waals surface area contributed by atoms with E-state index in [1.807, 2.05) is 0 Å². The summed E-state index contributed by atoms with van der Waals surface area (Å²) in [6, 6.07) is 4.17. The molecule has 0 saturated heterocycles. The molecule has 0 aliphatic rings. The normalized spacial score (nSPS) is 9.76. The summed E-state index contributed by atoms with van der Waals surface area (Å²) in [5.74, 6) is -2.49. The van der Waals surface area contributed by atoms with Gasteiger partial charge in [-0.3, -0.25) is 9.59 Å². The SMILES string of the molecule is COc1cccc(C(=O)NCCC(=O)O)c1F. The van der Waals surface area contributed by atoms with Crippen LogP contribution in [-0.2, 0) is 4.79 Å². The molecular weight excluding hydrogens is 229 g/mol. The zero-order valence-electron chi connectivity index (χ0n) is 9.20. The highest BCUT2D eigenvalue weighted by atomic mass is 19.1. The summed E-state index contributed by atoms with van der Waals surface area (Å²) in [4.78, 5) is 21.8. The molecule has 0 spiro atoms. The van der Waals surface area contributed by atoms with E-state index in [1.54, 1.807) is 0 Å². The van der Waals surface area contributed by atoms with Crippen LogP contribution in [0.15, 0.2) is 18.2 Å². The minimum absolute atomic E-state index is 0.0316. The van der Waals surface area contributed by atoms with Crippen LogP contribution in [0.25, 0.3) is 0 Å². The molecule has 5 nitrogen and oxygen atoms in total. The van der Waals surface area contributed by atoms with E-state index in [0.717, 1.165) is 0 Å². The number of hydrogen-bond donors (Lipinski definition) is 2. The lowest BCUT2D eigenvalue weighted by Gasteiger charge is -2.07.